The molecule has 1 saturated carbocycles. The number of likely N-dealkylation sites (tertiary alicyclic amines) is 1. The Morgan fingerprint density at radius 3 is 2.46 bits per heavy atom. The van der Waals surface area contributed by atoms with Crippen LogP contribution in [0.25, 0.3) is 20.8 Å². The molecule has 6 rings (SSSR count). The van der Waals surface area contributed by atoms with Gasteiger partial charge < -0.3 is 19.7 Å². The molecule has 2 amide bonds. The number of nitrogens with one attached hydrogen (secondary N) is 1. The Bertz CT molecular complexity index is 1760. The number of Topliss-reactive ketones (excluding diaryl/α,β-unsaturated/α-hetero) is 1. The largest absolute Gasteiger partial charge is 0.453 e. The molecular weight excluding hydrogens is 607 g/mol. The number of thiophene rings is 1. The normalized spacial score (nSPS) is 15.5. The highest BCUT2D eigenvalue weighted by molar-refractivity contribution is 7.22. The van der Waals surface area contributed by atoms with Crippen molar-refractivity contribution in [2.24, 2.45) is 5.92 Å². The lowest BCUT2D eigenvalue weighted by molar-refractivity contribution is -0.118. The summed E-state index contributed by atoms with van der Waals surface area (Å²) in [5.74, 6) is 0.553. The van der Waals surface area contributed by atoms with Crippen LogP contribution in [0.5, 0.6) is 11.5 Å². The Kier molecular flexibility index (Phi) is 9.04. The van der Waals surface area contributed by atoms with Crippen LogP contribution in [0.15, 0.2) is 54.9 Å². The van der Waals surface area contributed by atoms with E-state index in [1.807, 2.05) is 26.8 Å². The fourth-order valence-corrected chi connectivity index (χ4v) is 6.51. The highest BCUT2D eigenvalue weighted by Crippen LogP contribution is 2.39. The quantitative estimate of drug-likeness (QED) is 0.203. The number of piperidine rings is 1. The molecule has 4 heterocycles. The second-order valence-corrected chi connectivity index (χ2v) is 14.1. The molecule has 2 fully saturated rings. The van der Waals surface area contributed by atoms with Gasteiger partial charge in [0.25, 0.3) is 5.91 Å². The smallest absolute Gasteiger partial charge is 0.407 e. The Balaban J connectivity index is 1.08. The van der Waals surface area contributed by atoms with E-state index in [1.54, 1.807) is 47.6 Å². The summed E-state index contributed by atoms with van der Waals surface area (Å²) in [5, 5.41) is 2.89. The standard InChI is InChI=1S/C35H37FN4O5S/c1-35(2,3)45-34(43)39-24-11-14-40(15-12-24)33(42)23-7-8-27(38-20-23)31-19-28-32(46-31)30(10-13-37-28)44-29-9-6-22(18-26(29)36)17-25(41)16-21-4-5-21/h6-10,13,18-21,24H,4-5,11-12,14-17H2,1-3H3,(H,39,43). The van der Waals surface area contributed by atoms with Crippen molar-refractivity contribution >= 4 is 39.3 Å². The Labute approximate surface area is 271 Å². The van der Waals surface area contributed by atoms with Gasteiger partial charge in [0, 0.05) is 50.4 Å². The molecule has 1 saturated heterocycles. The summed E-state index contributed by atoms with van der Waals surface area (Å²) >= 11 is 1.42. The first kappa shape index (κ1) is 31.6. The van der Waals surface area contributed by atoms with Gasteiger partial charge in [-0.05, 0) is 88.3 Å². The average Bonchev–Trinajstić information content (AvgIpc) is 3.71. The molecule has 0 spiro atoms. The summed E-state index contributed by atoms with van der Waals surface area (Å²) < 4.78 is 27.0. The fraction of sp³-hybridized carbons (Fsp3) is 0.400. The number of nitrogens with zero attached hydrogens (tertiary/aromatic N) is 3. The lowest BCUT2D eigenvalue weighted by Gasteiger charge is -2.32. The molecule has 1 aliphatic carbocycles. The third-order valence-electron chi connectivity index (χ3n) is 7.97. The number of halogens is 1. The van der Waals surface area contributed by atoms with E-state index in [0.717, 1.165) is 22.4 Å². The van der Waals surface area contributed by atoms with E-state index in [-0.39, 0.29) is 29.9 Å². The molecule has 1 aromatic carbocycles. The van der Waals surface area contributed by atoms with Crippen molar-refractivity contribution in [2.75, 3.05) is 13.1 Å². The molecule has 11 heteroatoms. The second kappa shape index (κ2) is 13.2. The van der Waals surface area contributed by atoms with E-state index in [9.17, 15) is 18.8 Å². The van der Waals surface area contributed by atoms with Crippen molar-refractivity contribution in [1.29, 1.82) is 0 Å². The summed E-state index contributed by atoms with van der Waals surface area (Å²) in [4.78, 5) is 49.1. The summed E-state index contributed by atoms with van der Waals surface area (Å²) in [6, 6.07) is 11.8. The molecule has 9 nitrogen and oxygen atoms in total. The number of fused-ring (bicyclic) bond motifs is 1. The van der Waals surface area contributed by atoms with Crippen LogP contribution < -0.4 is 10.1 Å². The Hall–Kier alpha value is -4.38. The van der Waals surface area contributed by atoms with Gasteiger partial charge >= 0.3 is 6.09 Å². The molecule has 0 atom stereocenters. The van der Waals surface area contributed by atoms with Gasteiger partial charge in [0.2, 0.25) is 0 Å². The second-order valence-electron chi connectivity index (χ2n) is 13.0. The SMILES string of the molecule is CC(C)(C)OC(=O)NC1CCN(C(=O)c2ccc(-c3cc4nccc(Oc5ccc(CC(=O)CC6CC6)cc5F)c4s3)nc2)CC1. The maximum absolute atomic E-state index is 15.0. The molecule has 46 heavy (non-hydrogen) atoms. The summed E-state index contributed by atoms with van der Waals surface area (Å²) in [5.41, 5.74) is 1.93. The van der Waals surface area contributed by atoms with Crippen LogP contribution in [0.4, 0.5) is 9.18 Å². The number of ketones is 1. The number of carbonyl (C=O) groups excluding carboxylic acids is 3. The number of hydrogen-bond donors (Lipinski definition) is 1. The number of aromatic nitrogens is 2. The van der Waals surface area contributed by atoms with Gasteiger partial charge in [-0.25, -0.2) is 9.18 Å². The van der Waals surface area contributed by atoms with Crippen molar-refractivity contribution < 1.29 is 28.2 Å². The topological polar surface area (TPSA) is 111 Å². The van der Waals surface area contributed by atoms with Gasteiger partial charge in [-0.15, -0.1) is 11.3 Å². The number of alkyl carbamates (subject to hydrolysis) is 1. The number of hydrogen-bond acceptors (Lipinski definition) is 8. The van der Waals surface area contributed by atoms with Crippen molar-refractivity contribution in [3.05, 3.63) is 71.8 Å². The zero-order valence-corrected chi connectivity index (χ0v) is 27.0. The van der Waals surface area contributed by atoms with Crippen LogP contribution in [-0.2, 0) is 16.0 Å². The maximum atomic E-state index is 15.0. The molecule has 3 aromatic heterocycles. The van der Waals surface area contributed by atoms with Crippen molar-refractivity contribution in [2.45, 2.75) is 70.9 Å². The fourth-order valence-electron chi connectivity index (χ4n) is 5.47. The maximum Gasteiger partial charge on any atom is 0.407 e. The highest BCUT2D eigenvalue weighted by Gasteiger charge is 2.27. The molecule has 2 aliphatic rings. The number of carbonyl (C=O) groups is 3. The predicted molar refractivity (Wildman–Crippen MR) is 174 cm³/mol. The predicted octanol–water partition coefficient (Wildman–Crippen LogP) is 7.33. The third kappa shape index (κ3) is 7.88. The third-order valence-corrected chi connectivity index (χ3v) is 9.13. The van der Waals surface area contributed by atoms with Gasteiger partial charge in [0.05, 0.1) is 26.4 Å². The molecule has 240 valence electrons. The van der Waals surface area contributed by atoms with Crippen LogP contribution in [-0.4, -0.2) is 57.4 Å². The first-order chi connectivity index (χ1) is 22.0. The number of rotatable bonds is 9. The van der Waals surface area contributed by atoms with E-state index in [0.29, 0.717) is 66.4 Å². The van der Waals surface area contributed by atoms with Crippen molar-refractivity contribution in [3.8, 4) is 22.1 Å². The summed E-state index contributed by atoms with van der Waals surface area (Å²) in [6.07, 6.45) is 7.04. The van der Waals surface area contributed by atoms with Crippen LogP contribution >= 0.6 is 11.3 Å². The molecule has 0 radical (unpaired) electrons. The monoisotopic (exact) mass is 644 g/mol. The molecule has 1 N–H and O–H groups in total. The number of benzene rings is 1. The Morgan fingerprint density at radius 1 is 1.00 bits per heavy atom. The van der Waals surface area contributed by atoms with E-state index in [4.69, 9.17) is 9.47 Å². The van der Waals surface area contributed by atoms with E-state index in [1.165, 1.54) is 17.4 Å². The van der Waals surface area contributed by atoms with E-state index < -0.39 is 17.5 Å². The summed E-state index contributed by atoms with van der Waals surface area (Å²) in [7, 11) is 0. The molecule has 0 unspecified atom stereocenters. The van der Waals surface area contributed by atoms with Gasteiger partial charge in [-0.1, -0.05) is 6.07 Å². The highest BCUT2D eigenvalue weighted by atomic mass is 32.1. The van der Waals surface area contributed by atoms with E-state index in [2.05, 4.69) is 15.3 Å². The van der Waals surface area contributed by atoms with Gasteiger partial charge in [0.15, 0.2) is 11.6 Å². The minimum atomic E-state index is -0.563. The Morgan fingerprint density at radius 2 is 1.78 bits per heavy atom. The van der Waals surface area contributed by atoms with Gasteiger partial charge in [-0.2, -0.15) is 0 Å². The first-order valence-corrected chi connectivity index (χ1v) is 16.4. The lowest BCUT2D eigenvalue weighted by atomic mass is 10.0. The zero-order valence-electron chi connectivity index (χ0n) is 26.2. The number of pyridine rings is 2. The van der Waals surface area contributed by atoms with Gasteiger partial charge in [-0.3, -0.25) is 19.6 Å². The molecular formula is C35H37FN4O5S. The molecule has 0 bridgehead atoms. The lowest BCUT2D eigenvalue weighted by Crippen LogP contribution is -2.47. The first-order valence-electron chi connectivity index (χ1n) is 15.6. The molecule has 4 aromatic rings. The van der Waals surface area contributed by atoms with Crippen molar-refractivity contribution in [1.82, 2.24) is 20.2 Å². The van der Waals surface area contributed by atoms with Gasteiger partial charge in [0.1, 0.15) is 17.1 Å². The minimum absolute atomic E-state index is 0.0435. The van der Waals surface area contributed by atoms with Crippen LogP contribution in [0.2, 0.25) is 0 Å². The zero-order chi connectivity index (χ0) is 32.4. The van der Waals surface area contributed by atoms with Crippen LogP contribution in [0.3, 0.4) is 0 Å². The average molecular weight is 645 g/mol. The summed E-state index contributed by atoms with van der Waals surface area (Å²) in [6.45, 7) is 6.51. The van der Waals surface area contributed by atoms with Crippen LogP contribution in [0, 0.1) is 11.7 Å². The van der Waals surface area contributed by atoms with E-state index >= 15 is 0 Å². The minimum Gasteiger partial charge on any atom is -0.453 e. The number of ether oxygens (including phenoxy) is 2. The number of amides is 2. The molecule has 1 aliphatic heterocycles. The van der Waals surface area contributed by atoms with Crippen LogP contribution in [0.1, 0.15) is 68.8 Å². The van der Waals surface area contributed by atoms with Crippen molar-refractivity contribution in [3.63, 3.8) is 0 Å².